The summed E-state index contributed by atoms with van der Waals surface area (Å²) in [4.78, 5) is 11.3. The average Bonchev–Trinajstić information content (AvgIpc) is 1.85. The first kappa shape index (κ1) is 8.26. The predicted molar refractivity (Wildman–Crippen MR) is 38.3 cm³/mol. The summed E-state index contributed by atoms with van der Waals surface area (Å²) in [5.74, 6) is 0. The van der Waals surface area contributed by atoms with E-state index >= 15 is 0 Å². The van der Waals surface area contributed by atoms with Crippen LogP contribution in [0.2, 0.25) is 5.28 Å². The molecule has 0 amide bonds. The van der Waals surface area contributed by atoms with Crippen LogP contribution in [0, 0.1) is 5.31 Å². The van der Waals surface area contributed by atoms with Crippen molar-refractivity contribution in [3.63, 3.8) is 0 Å². The van der Waals surface area contributed by atoms with Crippen molar-refractivity contribution in [2.75, 3.05) is 0 Å². The van der Waals surface area contributed by atoms with Crippen LogP contribution < -0.4 is 8.80 Å². The van der Waals surface area contributed by atoms with E-state index in [2.05, 4.69) is 15.0 Å². The topological polar surface area (TPSA) is 62.5 Å². The molecule has 10 heavy (non-hydrogen) atoms. The van der Waals surface area contributed by atoms with Crippen molar-refractivity contribution in [3.05, 3.63) is 5.28 Å². The average molecular weight is 162 g/mol. The van der Waals surface area contributed by atoms with Gasteiger partial charge in [-0.05, 0) is 0 Å². The zero-order valence-corrected chi connectivity index (χ0v) is 8.05. The summed E-state index contributed by atoms with van der Waals surface area (Å²) in [6, 6.07) is 0. The van der Waals surface area contributed by atoms with Crippen LogP contribution in [0.3, 0.4) is 0 Å². The van der Waals surface area contributed by atoms with Gasteiger partial charge in [0.25, 0.3) is 0 Å². The molecule has 7 heteroatoms. The molecule has 0 radical (unpaired) electrons. The van der Waals surface area contributed by atoms with Gasteiger partial charge >= 0.3 is 80.9 Å². The van der Waals surface area contributed by atoms with Gasteiger partial charge in [-0.15, -0.1) is 0 Å². The normalized spacial score (nSPS) is 9.10. The van der Waals surface area contributed by atoms with Crippen LogP contribution >= 0.6 is 11.6 Å². The maximum absolute atomic E-state index is 6.82. The van der Waals surface area contributed by atoms with E-state index < -0.39 is 0 Å². The van der Waals surface area contributed by atoms with Crippen LogP contribution in [0.4, 0.5) is 0 Å². The van der Waals surface area contributed by atoms with Gasteiger partial charge in [0.15, 0.2) is 0 Å². The second kappa shape index (κ2) is 3.53. The fraction of sp³-hybridized carbons (Fsp3) is 0. The molecule has 0 unspecified atom stereocenters. The molecule has 0 saturated heterocycles. The van der Waals surface area contributed by atoms with Gasteiger partial charge in [0, 0.05) is 0 Å². The Balaban J connectivity index is 3.18. The Morgan fingerprint density at radius 2 is 2.10 bits per heavy atom. The Morgan fingerprint density at radius 3 is 2.60 bits per heavy atom. The molecule has 1 rings (SSSR count). The minimum atomic E-state index is 0.165. The number of hydrogen-bond acceptors (Lipinski definition) is 4. The fourth-order valence-electron chi connectivity index (χ4n) is 0.533. The van der Waals surface area contributed by atoms with Crippen LogP contribution in [-0.4, -0.2) is 50.0 Å². The molecule has 0 fully saturated rings. The summed E-state index contributed by atoms with van der Waals surface area (Å²) in [6.07, 6.45) is 0. The molecule has 0 saturated carbocycles. The molecule has 0 aromatic carbocycles. The van der Waals surface area contributed by atoms with Gasteiger partial charge in [-0.1, -0.05) is 0 Å². The van der Waals surface area contributed by atoms with Crippen LogP contribution in [0.5, 0.6) is 0 Å². The summed E-state index contributed by atoms with van der Waals surface area (Å²) in [5, 5.41) is 6.98. The molecule has 0 spiro atoms. The number of nitrogens with zero attached hydrogens (tertiary/aromatic N) is 3. The monoisotopic (exact) mass is 162 g/mol. The summed E-state index contributed by atoms with van der Waals surface area (Å²) >= 11 is 6.21. The Morgan fingerprint density at radius 1 is 1.40 bits per heavy atom. The molecule has 0 atom stereocenters. The summed E-state index contributed by atoms with van der Waals surface area (Å²) < 4.78 is 0.665. The van der Waals surface area contributed by atoms with E-state index in [0.717, 1.165) is 35.0 Å². The summed E-state index contributed by atoms with van der Waals surface area (Å²) in [5.41, 5.74) is 0.324. The van der Waals surface area contributed by atoms with E-state index in [-0.39, 0.29) is 5.28 Å². The van der Waals surface area contributed by atoms with Gasteiger partial charge < -0.3 is 0 Å². The van der Waals surface area contributed by atoms with Gasteiger partial charge in [0.1, 0.15) is 0 Å². The van der Waals surface area contributed by atoms with Gasteiger partial charge in [-0.2, -0.15) is 0 Å². The zero-order chi connectivity index (χ0) is 7.56. The van der Waals surface area contributed by atoms with Crippen molar-refractivity contribution >= 4 is 55.4 Å². The molecule has 1 aromatic rings. The molecule has 4 nitrogen and oxygen atoms in total. The molecule has 0 aliphatic carbocycles. The SMILES string of the molecule is N=Bc1n[c]([Na])nc(Cl)n1. The Kier molecular flexibility index (Phi) is 2.91. The molecule has 0 aliphatic rings. The summed E-state index contributed by atoms with van der Waals surface area (Å²) in [7, 11) is 1.05. The third kappa shape index (κ3) is 2.09. The molecular weight excluding hydrogens is 161 g/mol. The first-order valence-corrected chi connectivity index (χ1v) is 3.99. The van der Waals surface area contributed by atoms with Crippen LogP contribution in [0.25, 0.3) is 0 Å². The Labute approximate surface area is 80.6 Å². The van der Waals surface area contributed by atoms with Crippen molar-refractivity contribution in [1.82, 2.24) is 15.0 Å². The van der Waals surface area contributed by atoms with Gasteiger partial charge in [0.2, 0.25) is 0 Å². The molecule has 0 bridgehead atoms. The molecule has 1 N–H and O–H groups in total. The first-order valence-electron chi connectivity index (χ1n) is 2.61. The van der Waals surface area contributed by atoms with Crippen LogP contribution in [0.1, 0.15) is 0 Å². The Hall–Kier alpha value is 0.165. The molecule has 1 aromatic heterocycles. The van der Waals surface area contributed by atoms with Gasteiger partial charge in [-0.25, -0.2) is 0 Å². The maximum atomic E-state index is 6.82. The number of halogens is 1. The van der Waals surface area contributed by atoms with E-state index in [1.807, 2.05) is 0 Å². The van der Waals surface area contributed by atoms with E-state index in [4.69, 9.17) is 16.9 Å². The standard InChI is InChI=1S/C3HBClN4.Na/c5-3-8-1-7-2(4-6)9-3;/h6H;. The van der Waals surface area contributed by atoms with Crippen molar-refractivity contribution in [1.29, 1.82) is 5.31 Å². The first-order chi connectivity index (χ1) is 4.72. The van der Waals surface area contributed by atoms with E-state index in [1.54, 1.807) is 0 Å². The molecule has 44 valence electrons. The van der Waals surface area contributed by atoms with E-state index in [0.29, 0.717) is 8.80 Å². The number of nitrogens with one attached hydrogen (secondary N) is 1. The number of aromatic nitrogens is 3. The number of hydrogen-bond donors (Lipinski definition) is 1. The van der Waals surface area contributed by atoms with Gasteiger partial charge in [-0.3, -0.25) is 0 Å². The van der Waals surface area contributed by atoms with Crippen LogP contribution in [0.15, 0.2) is 0 Å². The quantitative estimate of drug-likeness (QED) is 0.507. The molecule has 1 heterocycles. The Bertz CT molecular complexity index is 246. The third-order valence-corrected chi connectivity index (χ3v) is 1.48. The van der Waals surface area contributed by atoms with E-state index in [9.17, 15) is 0 Å². The second-order valence-corrected chi connectivity index (χ2v) is 2.89. The van der Waals surface area contributed by atoms with E-state index in [1.165, 1.54) is 0 Å². The predicted octanol–water partition coefficient (Wildman–Crippen LogP) is -1.59. The molecular formula is C3HBClN4Na. The van der Waals surface area contributed by atoms with Crippen molar-refractivity contribution in [2.45, 2.75) is 0 Å². The number of rotatable bonds is 1. The second-order valence-electron chi connectivity index (χ2n) is 1.65. The minimum absolute atomic E-state index is 0.165. The van der Waals surface area contributed by atoms with Crippen molar-refractivity contribution in [3.8, 4) is 0 Å². The fourth-order valence-corrected chi connectivity index (χ4v) is 1.32. The summed E-state index contributed by atoms with van der Waals surface area (Å²) in [6.45, 7) is 0. The zero-order valence-electron chi connectivity index (χ0n) is 5.30. The van der Waals surface area contributed by atoms with Crippen molar-refractivity contribution in [2.24, 2.45) is 0 Å². The van der Waals surface area contributed by atoms with Crippen LogP contribution in [-0.2, 0) is 0 Å². The van der Waals surface area contributed by atoms with Gasteiger partial charge in [0.05, 0.1) is 0 Å². The van der Waals surface area contributed by atoms with Crippen molar-refractivity contribution < 1.29 is 0 Å². The third-order valence-electron chi connectivity index (χ3n) is 0.866. The molecule has 0 aliphatic heterocycles.